The predicted octanol–water partition coefficient (Wildman–Crippen LogP) is 7.49. The Morgan fingerprint density at radius 1 is 0.929 bits per heavy atom. The van der Waals surface area contributed by atoms with E-state index in [9.17, 15) is 0 Å². The van der Waals surface area contributed by atoms with Crippen LogP contribution >= 0.6 is 0 Å². The van der Waals surface area contributed by atoms with Gasteiger partial charge in [0.1, 0.15) is 0 Å². The van der Waals surface area contributed by atoms with E-state index in [0.717, 1.165) is 41.4 Å². The van der Waals surface area contributed by atoms with Crippen molar-refractivity contribution in [3.05, 3.63) is 0 Å². The van der Waals surface area contributed by atoms with Crippen LogP contribution in [-0.2, 0) is 4.74 Å². The van der Waals surface area contributed by atoms with Crippen LogP contribution in [0.2, 0.25) is 0 Å². The zero-order valence-corrected chi connectivity index (χ0v) is 19.4. The van der Waals surface area contributed by atoms with Gasteiger partial charge in [0.15, 0.2) is 0 Å². The molecule has 4 aliphatic carbocycles. The third kappa shape index (κ3) is 2.80. The molecule has 1 aliphatic heterocycles. The maximum Gasteiger partial charge on any atom is 0.0618 e. The van der Waals surface area contributed by atoms with Crippen molar-refractivity contribution in [1.82, 2.24) is 0 Å². The van der Waals surface area contributed by atoms with E-state index in [2.05, 4.69) is 34.6 Å². The number of fused-ring (bicyclic) bond motifs is 7. The molecule has 0 spiro atoms. The van der Waals surface area contributed by atoms with Crippen LogP contribution in [0.25, 0.3) is 0 Å². The van der Waals surface area contributed by atoms with Crippen LogP contribution in [-0.4, -0.2) is 12.2 Å². The fourth-order valence-electron chi connectivity index (χ4n) is 9.81. The van der Waals surface area contributed by atoms with Crippen LogP contribution in [0.4, 0.5) is 0 Å². The summed E-state index contributed by atoms with van der Waals surface area (Å²) in [5.41, 5.74) is 1.24. The summed E-state index contributed by atoms with van der Waals surface area (Å²) in [4.78, 5) is 0. The van der Waals surface area contributed by atoms with E-state index in [1.807, 2.05) is 0 Å². The fourth-order valence-corrected chi connectivity index (χ4v) is 9.81. The second-order valence-electron chi connectivity index (χ2n) is 12.8. The van der Waals surface area contributed by atoms with E-state index in [1.165, 1.54) is 70.6 Å². The highest BCUT2D eigenvalue weighted by Crippen LogP contribution is 2.70. The molecule has 0 bridgehead atoms. The Kier molecular flexibility index (Phi) is 4.97. The summed E-state index contributed by atoms with van der Waals surface area (Å²) in [6.45, 7) is 12.7. The van der Waals surface area contributed by atoms with Crippen molar-refractivity contribution < 1.29 is 4.74 Å². The summed E-state index contributed by atoms with van der Waals surface area (Å²) >= 11 is 0. The Morgan fingerprint density at radius 2 is 1.75 bits per heavy atom. The molecule has 1 heterocycles. The van der Waals surface area contributed by atoms with Crippen LogP contribution in [0.1, 0.15) is 105 Å². The summed E-state index contributed by atoms with van der Waals surface area (Å²) < 4.78 is 6.82. The van der Waals surface area contributed by atoms with Crippen LogP contribution < -0.4 is 0 Å². The van der Waals surface area contributed by atoms with Gasteiger partial charge in [0.25, 0.3) is 0 Å². The van der Waals surface area contributed by atoms with Gasteiger partial charge in [-0.2, -0.15) is 0 Å². The zero-order valence-electron chi connectivity index (χ0n) is 19.4. The minimum Gasteiger partial charge on any atom is -0.374 e. The monoisotopic (exact) mass is 386 g/mol. The van der Waals surface area contributed by atoms with Gasteiger partial charge in [-0.05, 0) is 110 Å². The van der Waals surface area contributed by atoms with Gasteiger partial charge in [-0.3, -0.25) is 0 Å². The third-order valence-corrected chi connectivity index (χ3v) is 11.2. The minimum absolute atomic E-state index is 0.541. The second kappa shape index (κ2) is 7.00. The van der Waals surface area contributed by atoms with Gasteiger partial charge in [0.05, 0.1) is 12.2 Å². The molecule has 0 aromatic heterocycles. The summed E-state index contributed by atoms with van der Waals surface area (Å²) in [5, 5.41) is 0. The van der Waals surface area contributed by atoms with E-state index in [-0.39, 0.29) is 0 Å². The Hall–Kier alpha value is -0.0400. The minimum atomic E-state index is 0.541. The first-order valence-corrected chi connectivity index (χ1v) is 13.0. The van der Waals surface area contributed by atoms with Crippen LogP contribution in [0.5, 0.6) is 0 Å². The quantitative estimate of drug-likeness (QED) is 0.488. The molecule has 0 aromatic rings. The van der Waals surface area contributed by atoms with Gasteiger partial charge in [-0.15, -0.1) is 0 Å². The summed E-state index contributed by atoms with van der Waals surface area (Å²) in [7, 11) is 0. The third-order valence-electron chi connectivity index (χ3n) is 11.2. The van der Waals surface area contributed by atoms with Gasteiger partial charge in [0.2, 0.25) is 0 Å². The SMILES string of the molecule is CC(C)CCC1OC2CC3C4CCC5CCCCC5(C)C4CCC3(C)C2C1C. The van der Waals surface area contributed by atoms with Crippen LogP contribution in [0.3, 0.4) is 0 Å². The Morgan fingerprint density at radius 3 is 2.54 bits per heavy atom. The molecule has 5 fully saturated rings. The molecule has 4 saturated carbocycles. The number of hydrogen-bond acceptors (Lipinski definition) is 1. The molecular weight excluding hydrogens is 340 g/mol. The molecular formula is C27H46O. The molecule has 1 heteroatoms. The van der Waals surface area contributed by atoms with E-state index < -0.39 is 0 Å². The second-order valence-corrected chi connectivity index (χ2v) is 12.8. The first-order chi connectivity index (χ1) is 13.3. The van der Waals surface area contributed by atoms with Crippen molar-refractivity contribution in [1.29, 1.82) is 0 Å². The number of ether oxygens (including phenoxy) is 1. The number of hydrogen-bond donors (Lipinski definition) is 0. The molecule has 1 nitrogen and oxygen atoms in total. The molecule has 5 aliphatic rings. The van der Waals surface area contributed by atoms with E-state index in [0.29, 0.717) is 23.0 Å². The summed E-state index contributed by atoms with van der Waals surface area (Å²) in [6, 6.07) is 0. The Balaban J connectivity index is 1.35. The lowest BCUT2D eigenvalue weighted by molar-refractivity contribution is -0.115. The maximum atomic E-state index is 6.82. The van der Waals surface area contributed by atoms with Gasteiger partial charge in [0, 0.05) is 0 Å². The van der Waals surface area contributed by atoms with E-state index in [1.54, 1.807) is 0 Å². The van der Waals surface area contributed by atoms with Crippen molar-refractivity contribution in [2.75, 3.05) is 0 Å². The average molecular weight is 387 g/mol. The van der Waals surface area contributed by atoms with Crippen molar-refractivity contribution in [3.63, 3.8) is 0 Å². The van der Waals surface area contributed by atoms with Gasteiger partial charge in [-0.25, -0.2) is 0 Å². The van der Waals surface area contributed by atoms with Gasteiger partial charge >= 0.3 is 0 Å². The van der Waals surface area contributed by atoms with Crippen molar-refractivity contribution in [3.8, 4) is 0 Å². The van der Waals surface area contributed by atoms with E-state index in [4.69, 9.17) is 4.74 Å². The Labute approximate surface area is 174 Å². The Bertz CT molecular complexity index is 583. The van der Waals surface area contributed by atoms with E-state index >= 15 is 0 Å². The summed E-state index contributed by atoms with van der Waals surface area (Å²) in [5.74, 6) is 6.45. The molecule has 0 radical (unpaired) electrons. The molecule has 28 heavy (non-hydrogen) atoms. The lowest BCUT2D eigenvalue weighted by Gasteiger charge is -2.60. The molecule has 10 atom stereocenters. The smallest absolute Gasteiger partial charge is 0.0618 e. The summed E-state index contributed by atoms with van der Waals surface area (Å²) in [6.07, 6.45) is 17.3. The first kappa shape index (κ1) is 19.9. The largest absolute Gasteiger partial charge is 0.374 e. The van der Waals surface area contributed by atoms with Crippen LogP contribution in [0, 0.1) is 52.3 Å². The van der Waals surface area contributed by atoms with Crippen molar-refractivity contribution >= 4 is 0 Å². The lowest BCUT2D eigenvalue weighted by Crippen LogP contribution is -2.53. The predicted molar refractivity (Wildman–Crippen MR) is 117 cm³/mol. The first-order valence-electron chi connectivity index (χ1n) is 13.0. The molecule has 0 N–H and O–H groups in total. The van der Waals surface area contributed by atoms with Crippen LogP contribution in [0.15, 0.2) is 0 Å². The molecule has 160 valence electrons. The zero-order chi connectivity index (χ0) is 19.7. The molecule has 0 aromatic carbocycles. The molecule has 10 unspecified atom stereocenters. The number of rotatable bonds is 3. The topological polar surface area (TPSA) is 9.23 Å². The highest BCUT2D eigenvalue weighted by molar-refractivity contribution is 5.13. The van der Waals surface area contributed by atoms with Crippen molar-refractivity contribution in [2.45, 2.75) is 117 Å². The normalized spacial score (nSPS) is 55.5. The molecule has 0 amide bonds. The standard InChI is InChI=1S/C27H46O/c1-17(2)9-12-23-18(3)25-24(28-23)16-22-20-11-10-19-8-6-7-14-26(19,4)21(20)13-15-27(22,25)5/h17-25H,6-16H2,1-5H3. The average Bonchev–Trinajstić information content (AvgIpc) is 3.13. The fraction of sp³-hybridized carbons (Fsp3) is 1.00. The molecule has 1 saturated heterocycles. The van der Waals surface area contributed by atoms with Gasteiger partial charge in [-0.1, -0.05) is 47.5 Å². The molecule has 5 rings (SSSR count). The maximum absolute atomic E-state index is 6.82. The highest BCUT2D eigenvalue weighted by atomic mass is 16.5. The highest BCUT2D eigenvalue weighted by Gasteiger charge is 2.65. The van der Waals surface area contributed by atoms with Crippen molar-refractivity contribution in [2.24, 2.45) is 52.3 Å². The lowest BCUT2D eigenvalue weighted by atomic mass is 9.44. The van der Waals surface area contributed by atoms with Gasteiger partial charge < -0.3 is 4.74 Å².